The molecule has 1 rings (SSSR count). The van der Waals surface area contributed by atoms with Crippen LogP contribution in [0.5, 0.6) is 0 Å². The van der Waals surface area contributed by atoms with Gasteiger partial charge in [-0.3, -0.25) is 0 Å². The minimum absolute atomic E-state index is 0.0741. The summed E-state index contributed by atoms with van der Waals surface area (Å²) in [6.07, 6.45) is 2.64. The first-order chi connectivity index (χ1) is 7.54. The molecule has 0 amide bonds. The first kappa shape index (κ1) is 11.9. The number of aliphatic carboxylic acids is 1. The van der Waals surface area contributed by atoms with E-state index in [9.17, 15) is 4.79 Å². The van der Waals surface area contributed by atoms with Crippen molar-refractivity contribution in [3.05, 3.63) is 18.1 Å². The van der Waals surface area contributed by atoms with E-state index in [0.717, 1.165) is 0 Å². The third kappa shape index (κ3) is 2.92. The lowest BCUT2D eigenvalue weighted by molar-refractivity contribution is -0.138. The van der Waals surface area contributed by atoms with E-state index in [1.807, 2.05) is 6.07 Å². The van der Waals surface area contributed by atoms with Crippen molar-refractivity contribution < 1.29 is 9.90 Å². The van der Waals surface area contributed by atoms with Crippen LogP contribution in [0.15, 0.2) is 12.4 Å². The van der Waals surface area contributed by atoms with Crippen LogP contribution in [0.4, 0.5) is 5.82 Å². The highest BCUT2D eigenvalue weighted by molar-refractivity contribution is 5.77. The average Bonchev–Trinajstić information content (AvgIpc) is 2.25. The molecule has 0 fully saturated rings. The largest absolute Gasteiger partial charge is 0.480 e. The van der Waals surface area contributed by atoms with Crippen LogP contribution in [0.3, 0.4) is 0 Å². The van der Waals surface area contributed by atoms with E-state index < -0.39 is 12.0 Å². The van der Waals surface area contributed by atoms with Crippen LogP contribution in [0.25, 0.3) is 0 Å². The Morgan fingerprint density at radius 2 is 2.19 bits per heavy atom. The van der Waals surface area contributed by atoms with Crippen LogP contribution < -0.4 is 5.32 Å². The van der Waals surface area contributed by atoms with E-state index in [4.69, 9.17) is 10.4 Å². The van der Waals surface area contributed by atoms with Crippen molar-refractivity contribution in [2.24, 2.45) is 5.92 Å². The number of nitrogens with one attached hydrogen (secondary N) is 1. The SMILES string of the molecule is CC(C)C(Nc1cnc(C#N)cn1)C(=O)O. The topological polar surface area (TPSA) is 98.9 Å². The number of carboxylic acids is 1. The molecule has 0 aliphatic rings. The van der Waals surface area contributed by atoms with Gasteiger partial charge in [-0.15, -0.1) is 0 Å². The zero-order chi connectivity index (χ0) is 12.1. The molecule has 0 bridgehead atoms. The summed E-state index contributed by atoms with van der Waals surface area (Å²) in [5.74, 6) is -0.670. The number of nitriles is 1. The quantitative estimate of drug-likeness (QED) is 0.781. The fraction of sp³-hybridized carbons (Fsp3) is 0.400. The second-order valence-electron chi connectivity index (χ2n) is 3.60. The molecule has 0 saturated heterocycles. The van der Waals surface area contributed by atoms with Gasteiger partial charge < -0.3 is 10.4 Å². The maximum Gasteiger partial charge on any atom is 0.326 e. The Hall–Kier alpha value is -2.16. The highest BCUT2D eigenvalue weighted by atomic mass is 16.4. The van der Waals surface area contributed by atoms with Gasteiger partial charge in [-0.05, 0) is 5.92 Å². The summed E-state index contributed by atoms with van der Waals surface area (Å²) in [6, 6.07) is 1.12. The molecule has 6 nitrogen and oxygen atoms in total. The summed E-state index contributed by atoms with van der Waals surface area (Å²) in [7, 11) is 0. The minimum Gasteiger partial charge on any atom is -0.480 e. The average molecular weight is 220 g/mol. The van der Waals surface area contributed by atoms with Gasteiger partial charge in [-0.1, -0.05) is 13.8 Å². The van der Waals surface area contributed by atoms with Crippen molar-refractivity contribution in [3.63, 3.8) is 0 Å². The summed E-state index contributed by atoms with van der Waals surface area (Å²) in [4.78, 5) is 18.6. The molecule has 16 heavy (non-hydrogen) atoms. The van der Waals surface area contributed by atoms with E-state index in [2.05, 4.69) is 15.3 Å². The predicted octanol–water partition coefficient (Wildman–Crippen LogP) is 0.869. The van der Waals surface area contributed by atoms with E-state index >= 15 is 0 Å². The zero-order valence-corrected chi connectivity index (χ0v) is 9.01. The van der Waals surface area contributed by atoms with E-state index in [1.54, 1.807) is 13.8 Å². The second-order valence-corrected chi connectivity index (χ2v) is 3.60. The van der Waals surface area contributed by atoms with Gasteiger partial charge in [-0.2, -0.15) is 5.26 Å². The number of hydrogen-bond donors (Lipinski definition) is 2. The normalized spacial score (nSPS) is 11.9. The Bertz CT molecular complexity index is 408. The zero-order valence-electron chi connectivity index (χ0n) is 9.01. The molecule has 0 spiro atoms. The summed E-state index contributed by atoms with van der Waals surface area (Å²) in [5, 5.41) is 20.2. The van der Waals surface area contributed by atoms with Crippen LogP contribution in [0.2, 0.25) is 0 Å². The number of anilines is 1. The van der Waals surface area contributed by atoms with Crippen molar-refractivity contribution in [1.82, 2.24) is 9.97 Å². The van der Waals surface area contributed by atoms with Crippen LogP contribution in [0.1, 0.15) is 19.5 Å². The number of carbonyl (C=O) groups is 1. The van der Waals surface area contributed by atoms with Crippen molar-refractivity contribution in [2.45, 2.75) is 19.9 Å². The van der Waals surface area contributed by atoms with E-state index in [0.29, 0.717) is 5.82 Å². The van der Waals surface area contributed by atoms with Gasteiger partial charge in [-0.25, -0.2) is 14.8 Å². The van der Waals surface area contributed by atoms with Crippen LogP contribution in [0, 0.1) is 17.2 Å². The van der Waals surface area contributed by atoms with E-state index in [1.165, 1.54) is 12.4 Å². The fourth-order valence-electron chi connectivity index (χ4n) is 1.13. The standard InChI is InChI=1S/C10H12N4O2/c1-6(2)9(10(15)16)14-8-5-12-7(3-11)4-13-8/h4-6,9H,1-2H3,(H,13,14)(H,15,16). The molecule has 6 heteroatoms. The van der Waals surface area contributed by atoms with Gasteiger partial charge in [0, 0.05) is 0 Å². The Balaban J connectivity index is 2.78. The molecular formula is C10H12N4O2. The molecule has 2 N–H and O–H groups in total. The molecule has 0 aliphatic carbocycles. The minimum atomic E-state index is -0.943. The molecule has 1 aromatic heterocycles. The monoisotopic (exact) mass is 220 g/mol. The molecular weight excluding hydrogens is 208 g/mol. The number of rotatable bonds is 4. The second kappa shape index (κ2) is 5.07. The van der Waals surface area contributed by atoms with Gasteiger partial charge in [0.05, 0.1) is 12.4 Å². The molecule has 0 saturated carbocycles. The van der Waals surface area contributed by atoms with Crippen molar-refractivity contribution >= 4 is 11.8 Å². The number of aromatic nitrogens is 2. The molecule has 1 atom stereocenters. The lowest BCUT2D eigenvalue weighted by atomic mass is 10.1. The van der Waals surface area contributed by atoms with Gasteiger partial charge >= 0.3 is 5.97 Å². The molecule has 0 aromatic carbocycles. The van der Waals surface area contributed by atoms with Gasteiger partial charge in [0.15, 0.2) is 5.69 Å². The third-order valence-corrected chi connectivity index (χ3v) is 2.00. The highest BCUT2D eigenvalue weighted by Gasteiger charge is 2.21. The van der Waals surface area contributed by atoms with Crippen molar-refractivity contribution in [3.8, 4) is 6.07 Å². The summed E-state index contributed by atoms with van der Waals surface area (Å²) in [5.41, 5.74) is 0.196. The Kier molecular flexibility index (Phi) is 3.78. The molecule has 0 radical (unpaired) electrons. The van der Waals surface area contributed by atoms with Crippen molar-refractivity contribution in [2.75, 3.05) is 5.32 Å². The van der Waals surface area contributed by atoms with Gasteiger partial charge in [0.1, 0.15) is 17.9 Å². The number of hydrogen-bond acceptors (Lipinski definition) is 5. The molecule has 0 aliphatic heterocycles. The lowest BCUT2D eigenvalue weighted by Gasteiger charge is -2.17. The first-order valence-electron chi connectivity index (χ1n) is 4.76. The van der Waals surface area contributed by atoms with Gasteiger partial charge in [0.25, 0.3) is 0 Å². The van der Waals surface area contributed by atoms with Crippen molar-refractivity contribution in [1.29, 1.82) is 5.26 Å². The lowest BCUT2D eigenvalue weighted by Crippen LogP contribution is -2.34. The summed E-state index contributed by atoms with van der Waals surface area (Å²) < 4.78 is 0. The van der Waals surface area contributed by atoms with Crippen LogP contribution >= 0.6 is 0 Å². The maximum atomic E-state index is 10.9. The Morgan fingerprint density at radius 3 is 2.56 bits per heavy atom. The summed E-state index contributed by atoms with van der Waals surface area (Å²) in [6.45, 7) is 3.59. The maximum absolute atomic E-state index is 10.9. The Morgan fingerprint density at radius 1 is 1.50 bits per heavy atom. The fourth-order valence-corrected chi connectivity index (χ4v) is 1.13. The van der Waals surface area contributed by atoms with Gasteiger partial charge in [0.2, 0.25) is 0 Å². The highest BCUT2D eigenvalue weighted by Crippen LogP contribution is 2.09. The smallest absolute Gasteiger partial charge is 0.326 e. The third-order valence-electron chi connectivity index (χ3n) is 2.00. The Labute approximate surface area is 93.0 Å². The van der Waals surface area contributed by atoms with Crippen LogP contribution in [-0.4, -0.2) is 27.1 Å². The first-order valence-corrected chi connectivity index (χ1v) is 4.76. The molecule has 1 heterocycles. The molecule has 84 valence electrons. The summed E-state index contributed by atoms with van der Waals surface area (Å²) >= 11 is 0. The molecule has 1 aromatic rings. The molecule has 1 unspecified atom stereocenters. The van der Waals surface area contributed by atoms with Crippen LogP contribution in [-0.2, 0) is 4.79 Å². The predicted molar refractivity (Wildman–Crippen MR) is 56.6 cm³/mol. The van der Waals surface area contributed by atoms with E-state index in [-0.39, 0.29) is 11.6 Å². The number of nitrogens with zero attached hydrogens (tertiary/aromatic N) is 3. The number of carboxylic acid groups (broad SMARTS) is 1.